The first-order chi connectivity index (χ1) is 44.2. The number of aldehydes is 2. The number of carbonyl (C=O) groups is 2. The summed E-state index contributed by atoms with van der Waals surface area (Å²) in [4.78, 5) is 88.9. The van der Waals surface area contributed by atoms with Crippen molar-refractivity contribution in [1.82, 2.24) is 77.2 Å². The van der Waals surface area contributed by atoms with Crippen molar-refractivity contribution in [3.05, 3.63) is 166 Å². The molecule has 5 aliphatic rings. The van der Waals surface area contributed by atoms with Crippen LogP contribution in [-0.4, -0.2) is 135 Å². The highest BCUT2D eigenvalue weighted by Gasteiger charge is 2.52. The Bertz CT molecular complexity index is 4820. The molecule has 92 heavy (non-hydrogen) atoms. The number of nitrogens with one attached hydrogen (secondary N) is 2. The predicted molar refractivity (Wildman–Crippen MR) is 350 cm³/mol. The molecule has 28 heteroatoms. The molecule has 1 saturated heterocycles. The van der Waals surface area contributed by atoms with Gasteiger partial charge in [-0.25, -0.2) is 9.97 Å². The summed E-state index contributed by atoms with van der Waals surface area (Å²) in [5, 5.41) is 25.6. The average molecular weight is 1270 g/mol. The van der Waals surface area contributed by atoms with E-state index in [1.165, 1.54) is 21.5 Å². The van der Waals surface area contributed by atoms with Crippen molar-refractivity contribution in [2.24, 2.45) is 14.1 Å². The maximum atomic E-state index is 13.6. The zero-order chi connectivity index (χ0) is 64.5. The smallest absolute Gasteiger partial charge is 0.399 e. The molecule has 0 saturated carbocycles. The lowest BCUT2D eigenvalue weighted by molar-refractivity contribution is 0.00578. The highest BCUT2D eigenvalue weighted by molar-refractivity contribution is 6.62. The van der Waals surface area contributed by atoms with E-state index < -0.39 is 18.3 Å². The third-order valence-electron chi connectivity index (χ3n) is 18.3. The van der Waals surface area contributed by atoms with Gasteiger partial charge in [0, 0.05) is 113 Å². The van der Waals surface area contributed by atoms with Gasteiger partial charge in [-0.05, 0) is 122 Å². The van der Waals surface area contributed by atoms with Crippen LogP contribution in [-0.2, 0) is 75.5 Å². The molecule has 5 aliphatic heterocycles. The van der Waals surface area contributed by atoms with Gasteiger partial charge in [-0.15, -0.1) is 0 Å². The Labute approximate surface area is 532 Å². The van der Waals surface area contributed by atoms with E-state index in [0.717, 1.165) is 135 Å². The van der Waals surface area contributed by atoms with Gasteiger partial charge in [-0.2, -0.15) is 29.8 Å². The number of fused-ring (bicyclic) bond motifs is 8. The Morgan fingerprint density at radius 1 is 0.565 bits per heavy atom. The molecule has 15 rings (SSSR count). The summed E-state index contributed by atoms with van der Waals surface area (Å²) in [5.41, 5.74) is 7.33. The number of rotatable bonds is 10. The molecule has 0 unspecified atom stereocenters. The van der Waals surface area contributed by atoms with Gasteiger partial charge in [0.15, 0.2) is 35.8 Å². The maximum Gasteiger partial charge on any atom is 0.496 e. The number of nitrogens with zero attached hydrogens (tertiary/aromatic N) is 16. The van der Waals surface area contributed by atoms with Crippen molar-refractivity contribution in [3.63, 3.8) is 0 Å². The molecule has 0 amide bonds. The molecule has 1 fully saturated rings. The number of anilines is 4. The number of halogens is 1. The van der Waals surface area contributed by atoms with Crippen molar-refractivity contribution >= 4 is 81.6 Å². The standard InChI is InChI=1S/C29H29N9O3.C19H28BN5O3.C16H13ClN4O2/c1-34-9-10-37-20(16-34)13-26(33-37)32-24-11-18(15-35(2)29(24)41)21-6-7-30-27(23(21)17-39)38-28(40)22-12-19-5-3-4-8-36(19)25(22)14-31-38;1-18(2)19(3,4)28-20(27-18)13-9-15(17(26)24(6)11-13)21-16-10-14-12-23(5)7-8-25(14)22-16;17-13-4-5-18-15(12(13)9-22)21-16(23)11-7-10-3-1-2-6-20(10)14(11)8-19-21/h6-7,11-15,17H,3-5,8-10,16H2,1-2H3,(H,32,33);9-11H,7-8,12H2,1-6H3,(H,21,22);4-5,7-9H,1-3,6H2. The Kier molecular flexibility index (Phi) is 16.3. The molecule has 0 aliphatic carbocycles. The van der Waals surface area contributed by atoms with Gasteiger partial charge in [-0.1, -0.05) is 11.6 Å². The minimum atomic E-state index is -0.527. The van der Waals surface area contributed by atoms with E-state index >= 15 is 0 Å². The van der Waals surface area contributed by atoms with Crippen molar-refractivity contribution in [3.8, 4) is 22.8 Å². The maximum absolute atomic E-state index is 13.6. The molecular formula is C64H70BClN18O8. The Morgan fingerprint density at radius 3 is 1.58 bits per heavy atom. The van der Waals surface area contributed by atoms with E-state index in [1.807, 2.05) is 61.3 Å². The number of pyridine rings is 4. The third-order valence-corrected chi connectivity index (χ3v) is 18.6. The van der Waals surface area contributed by atoms with Crippen LogP contribution in [0.4, 0.5) is 23.0 Å². The van der Waals surface area contributed by atoms with Crippen LogP contribution in [0.15, 0.2) is 105 Å². The van der Waals surface area contributed by atoms with Gasteiger partial charge in [-0.3, -0.25) is 47.9 Å². The van der Waals surface area contributed by atoms with Crippen molar-refractivity contribution < 1.29 is 18.9 Å². The topological polar surface area (TPSA) is 268 Å². The molecule has 0 spiro atoms. The van der Waals surface area contributed by atoms with Crippen molar-refractivity contribution in [1.29, 1.82) is 0 Å². The fourth-order valence-corrected chi connectivity index (χ4v) is 12.8. The number of aryl methyl sites for hydroxylation is 6. The second kappa shape index (κ2) is 24.3. The number of likely N-dealkylation sites (N-methyl/N-ethyl adjacent to an activating group) is 2. The van der Waals surface area contributed by atoms with Gasteiger partial charge in [0.2, 0.25) is 0 Å². The normalized spacial score (nSPS) is 16.6. The lowest BCUT2D eigenvalue weighted by Gasteiger charge is -2.32. The summed E-state index contributed by atoms with van der Waals surface area (Å²) >= 11 is 6.01. The second-order valence-corrected chi connectivity index (χ2v) is 25.5. The fourth-order valence-electron chi connectivity index (χ4n) is 12.6. The molecule has 0 bridgehead atoms. The molecule has 0 radical (unpaired) electrons. The molecule has 0 atom stereocenters. The van der Waals surface area contributed by atoms with Crippen LogP contribution in [0, 0.1) is 0 Å². The quantitative estimate of drug-likeness (QED) is 0.119. The average Bonchev–Trinajstić information content (AvgIpc) is 1.48. The van der Waals surface area contributed by atoms with E-state index in [4.69, 9.17) is 20.9 Å². The summed E-state index contributed by atoms with van der Waals surface area (Å²) in [7, 11) is 7.01. The largest absolute Gasteiger partial charge is 0.496 e. The first-order valence-electron chi connectivity index (χ1n) is 30.7. The molecule has 10 aromatic heterocycles. The summed E-state index contributed by atoms with van der Waals surface area (Å²) in [6.45, 7) is 14.9. The monoisotopic (exact) mass is 1260 g/mol. The minimum absolute atomic E-state index is 0.122. The lowest BCUT2D eigenvalue weighted by atomic mass is 9.80. The minimum Gasteiger partial charge on any atom is -0.399 e. The summed E-state index contributed by atoms with van der Waals surface area (Å²) in [6.07, 6.45) is 17.3. The lowest BCUT2D eigenvalue weighted by Crippen LogP contribution is -2.41. The van der Waals surface area contributed by atoms with Gasteiger partial charge in [0.05, 0.1) is 86.0 Å². The van der Waals surface area contributed by atoms with Gasteiger partial charge in [0.25, 0.3) is 22.2 Å². The Morgan fingerprint density at radius 2 is 1.05 bits per heavy atom. The number of carbonyl (C=O) groups excluding carboxylic acids is 2. The molecule has 0 aromatic carbocycles. The van der Waals surface area contributed by atoms with Crippen molar-refractivity contribution in [2.75, 3.05) is 37.8 Å². The Balaban J connectivity index is 0.000000132. The van der Waals surface area contributed by atoms with Crippen LogP contribution in [0.3, 0.4) is 0 Å². The fraction of sp³-hybridized carbons (Fsp3) is 0.375. The first-order valence-corrected chi connectivity index (χ1v) is 31.1. The van der Waals surface area contributed by atoms with E-state index in [1.54, 1.807) is 67.8 Å². The van der Waals surface area contributed by atoms with Gasteiger partial charge >= 0.3 is 7.12 Å². The van der Waals surface area contributed by atoms with Gasteiger partial charge < -0.3 is 38.2 Å². The van der Waals surface area contributed by atoms with Crippen LogP contribution >= 0.6 is 11.6 Å². The molecular weight excluding hydrogens is 1200 g/mol. The summed E-state index contributed by atoms with van der Waals surface area (Å²) in [5.74, 6) is 1.55. The SMILES string of the molecule is CN1CCn2nc(Nc3cc(-c4ccnc(-n5ncc6c(cc7n6CCCC7)c5=O)c4C=O)cn(C)c3=O)cc2C1.CN1CCn2nc(Nc3cc(B4OC(C)(C)C(C)(C)O4)cn(C)c3=O)cc2C1.O=Cc1c(Cl)ccnc1-n1ncc2c(cc3n2CCCC3)c1=O. The van der Waals surface area contributed by atoms with Crippen LogP contribution in [0.1, 0.15) is 96.9 Å². The van der Waals surface area contributed by atoms with Crippen LogP contribution in [0.25, 0.3) is 44.6 Å². The molecule has 474 valence electrons. The van der Waals surface area contributed by atoms with E-state index in [-0.39, 0.29) is 50.0 Å². The molecule has 2 N–H and O–H groups in total. The van der Waals surface area contributed by atoms with Crippen LogP contribution < -0.4 is 38.3 Å². The molecule has 10 aromatic rings. The number of hydrogen-bond acceptors (Lipinski definition) is 18. The highest BCUT2D eigenvalue weighted by Crippen LogP contribution is 2.37. The zero-order valence-corrected chi connectivity index (χ0v) is 53.3. The Hall–Kier alpha value is -9.41. The van der Waals surface area contributed by atoms with E-state index in [0.29, 0.717) is 57.5 Å². The van der Waals surface area contributed by atoms with Crippen molar-refractivity contribution in [2.45, 2.75) is 117 Å². The summed E-state index contributed by atoms with van der Waals surface area (Å²) < 4.78 is 25.8. The molecule has 26 nitrogen and oxygen atoms in total. The van der Waals surface area contributed by atoms with Crippen LogP contribution in [0.5, 0.6) is 0 Å². The predicted octanol–water partition coefficient (Wildman–Crippen LogP) is 5.94. The summed E-state index contributed by atoms with van der Waals surface area (Å²) in [6, 6.07) is 14.5. The third kappa shape index (κ3) is 11.4. The first kappa shape index (κ1) is 61.5. The van der Waals surface area contributed by atoms with E-state index in [2.05, 4.69) is 74.0 Å². The highest BCUT2D eigenvalue weighted by atomic mass is 35.5. The van der Waals surface area contributed by atoms with Crippen LogP contribution in [0.2, 0.25) is 5.02 Å². The van der Waals surface area contributed by atoms with E-state index in [9.17, 15) is 28.8 Å². The number of hydrogen-bond donors (Lipinski definition) is 2. The van der Waals surface area contributed by atoms with Gasteiger partial charge in [0.1, 0.15) is 11.4 Å². The second-order valence-electron chi connectivity index (χ2n) is 25.1. The number of aromatic nitrogens is 14. The zero-order valence-electron chi connectivity index (χ0n) is 52.5. The molecule has 15 heterocycles.